The number of hydrogen-bond acceptors (Lipinski definition) is 1. The molecule has 0 unspecified atom stereocenters. The fraction of sp³-hybridized carbons (Fsp3) is 0.0435. The molecule has 0 saturated carbocycles. The molecule has 0 aromatic heterocycles. The van der Waals surface area contributed by atoms with Gasteiger partial charge in [0, 0.05) is 5.56 Å². The van der Waals surface area contributed by atoms with E-state index in [1.807, 2.05) is 67.6 Å². The molecule has 2 heteroatoms. The number of phenolic OH excluding ortho intramolecular Hbond substituents is 1. The van der Waals surface area contributed by atoms with Crippen LogP contribution in [0.4, 0.5) is 4.39 Å². The maximum atomic E-state index is 14.0. The number of aromatic hydroxyl groups is 1. The van der Waals surface area contributed by atoms with E-state index in [4.69, 9.17) is 0 Å². The third-order valence-corrected chi connectivity index (χ3v) is 4.61. The molecule has 4 aromatic carbocycles. The van der Waals surface area contributed by atoms with E-state index in [1.54, 1.807) is 12.1 Å². The van der Waals surface area contributed by atoms with E-state index >= 15 is 0 Å². The minimum absolute atomic E-state index is 0.240. The second-order valence-electron chi connectivity index (χ2n) is 6.15. The molecule has 1 N–H and O–H groups in total. The molecular weight excluding hydrogens is 311 g/mol. The third kappa shape index (κ3) is 2.56. The molecule has 1 nitrogen and oxygen atoms in total. The van der Waals surface area contributed by atoms with Crippen LogP contribution in [0.15, 0.2) is 78.9 Å². The molecular formula is C23H17FO. The summed E-state index contributed by atoms with van der Waals surface area (Å²) in [6.45, 7) is 1.88. The SMILES string of the molecule is Cc1c(O)c(-c2ccccc2)c2ccc(F)cc2c1-c1ccccc1. The highest BCUT2D eigenvalue weighted by atomic mass is 19.1. The molecule has 0 bridgehead atoms. The summed E-state index contributed by atoms with van der Waals surface area (Å²) in [5, 5.41) is 12.6. The van der Waals surface area contributed by atoms with Gasteiger partial charge in [0.25, 0.3) is 0 Å². The van der Waals surface area contributed by atoms with Gasteiger partial charge in [-0.3, -0.25) is 0 Å². The fourth-order valence-corrected chi connectivity index (χ4v) is 3.45. The monoisotopic (exact) mass is 328 g/mol. The summed E-state index contributed by atoms with van der Waals surface area (Å²) in [7, 11) is 0. The standard InChI is InChI=1S/C23H17FO/c1-15-21(16-8-4-2-5-9-16)20-14-18(24)12-13-19(20)22(23(15)25)17-10-6-3-7-11-17/h2-14,25H,1H3. The molecule has 4 rings (SSSR count). The average Bonchev–Trinajstić information content (AvgIpc) is 2.65. The highest BCUT2D eigenvalue weighted by Gasteiger charge is 2.19. The summed E-state index contributed by atoms with van der Waals surface area (Å²) in [4.78, 5) is 0. The van der Waals surface area contributed by atoms with Gasteiger partial charge in [-0.1, -0.05) is 66.7 Å². The van der Waals surface area contributed by atoms with Crippen molar-refractivity contribution in [2.24, 2.45) is 0 Å². The number of halogens is 1. The Kier molecular flexibility index (Phi) is 3.73. The first-order chi connectivity index (χ1) is 12.2. The van der Waals surface area contributed by atoms with E-state index < -0.39 is 0 Å². The van der Waals surface area contributed by atoms with Gasteiger partial charge in [0.2, 0.25) is 0 Å². The molecule has 0 atom stereocenters. The van der Waals surface area contributed by atoms with Crippen molar-refractivity contribution < 1.29 is 9.50 Å². The first-order valence-corrected chi connectivity index (χ1v) is 8.22. The van der Waals surface area contributed by atoms with Crippen molar-refractivity contribution in [3.8, 4) is 28.0 Å². The Labute approximate surface area is 146 Å². The lowest BCUT2D eigenvalue weighted by molar-refractivity contribution is 0.474. The molecule has 0 fully saturated rings. The van der Waals surface area contributed by atoms with Crippen LogP contribution in [0.5, 0.6) is 5.75 Å². The van der Waals surface area contributed by atoms with E-state index in [0.29, 0.717) is 0 Å². The summed E-state index contributed by atoms with van der Waals surface area (Å²) in [6.07, 6.45) is 0. The second-order valence-corrected chi connectivity index (χ2v) is 6.15. The van der Waals surface area contributed by atoms with Crippen LogP contribution in [-0.2, 0) is 0 Å². The average molecular weight is 328 g/mol. The summed E-state index contributed by atoms with van der Waals surface area (Å²) in [6, 6.07) is 24.3. The Morgan fingerprint density at radius 3 is 1.84 bits per heavy atom. The molecule has 0 spiro atoms. The molecule has 4 aromatic rings. The number of benzene rings is 4. The molecule has 0 aliphatic rings. The normalized spacial score (nSPS) is 11.0. The predicted molar refractivity (Wildman–Crippen MR) is 101 cm³/mol. The van der Waals surface area contributed by atoms with Crippen LogP contribution in [0.2, 0.25) is 0 Å². The highest BCUT2D eigenvalue weighted by Crippen LogP contribution is 2.45. The zero-order valence-corrected chi connectivity index (χ0v) is 13.8. The Morgan fingerprint density at radius 2 is 1.24 bits per heavy atom. The molecule has 0 aliphatic carbocycles. The van der Waals surface area contributed by atoms with Crippen LogP contribution in [0.1, 0.15) is 5.56 Å². The molecule has 0 saturated heterocycles. The van der Waals surface area contributed by atoms with Crippen LogP contribution in [0, 0.1) is 12.7 Å². The number of rotatable bonds is 2. The van der Waals surface area contributed by atoms with Crippen LogP contribution in [0.25, 0.3) is 33.0 Å². The minimum Gasteiger partial charge on any atom is -0.507 e. The number of fused-ring (bicyclic) bond motifs is 1. The Morgan fingerprint density at radius 1 is 0.680 bits per heavy atom. The molecule has 0 amide bonds. The van der Waals surface area contributed by atoms with Crippen molar-refractivity contribution in [3.05, 3.63) is 90.2 Å². The number of phenols is 1. The summed E-state index contributed by atoms with van der Waals surface area (Å²) >= 11 is 0. The zero-order chi connectivity index (χ0) is 17.4. The van der Waals surface area contributed by atoms with Crippen molar-refractivity contribution in [2.45, 2.75) is 6.92 Å². The predicted octanol–water partition coefficient (Wildman–Crippen LogP) is 6.33. The largest absolute Gasteiger partial charge is 0.507 e. The fourth-order valence-electron chi connectivity index (χ4n) is 3.45. The van der Waals surface area contributed by atoms with E-state index in [2.05, 4.69) is 0 Å². The van der Waals surface area contributed by atoms with Gasteiger partial charge in [0.15, 0.2) is 0 Å². The quantitative estimate of drug-likeness (QED) is 0.456. The first-order valence-electron chi connectivity index (χ1n) is 8.22. The van der Waals surface area contributed by atoms with Crippen molar-refractivity contribution in [1.29, 1.82) is 0 Å². The first kappa shape index (κ1) is 15.4. The summed E-state index contributed by atoms with van der Waals surface area (Å²) in [5.41, 5.74) is 4.24. The molecule has 0 heterocycles. The van der Waals surface area contributed by atoms with Gasteiger partial charge in [0.05, 0.1) is 0 Å². The van der Waals surface area contributed by atoms with Gasteiger partial charge in [-0.05, 0) is 52.1 Å². The molecule has 0 radical (unpaired) electrons. The molecule has 122 valence electrons. The highest BCUT2D eigenvalue weighted by molar-refractivity contribution is 6.08. The van der Waals surface area contributed by atoms with Crippen LogP contribution in [-0.4, -0.2) is 5.11 Å². The van der Waals surface area contributed by atoms with Crippen LogP contribution in [0.3, 0.4) is 0 Å². The second kappa shape index (κ2) is 6.06. The van der Waals surface area contributed by atoms with Crippen molar-refractivity contribution in [2.75, 3.05) is 0 Å². The van der Waals surface area contributed by atoms with Gasteiger partial charge >= 0.3 is 0 Å². The zero-order valence-electron chi connectivity index (χ0n) is 13.8. The maximum absolute atomic E-state index is 14.0. The summed E-state index contributed by atoms with van der Waals surface area (Å²) in [5.74, 6) is -0.0436. The Bertz CT molecular complexity index is 1050. The van der Waals surface area contributed by atoms with Gasteiger partial charge in [0.1, 0.15) is 11.6 Å². The Hall–Kier alpha value is -3.13. The Balaban J connectivity index is 2.16. The van der Waals surface area contributed by atoms with Crippen molar-refractivity contribution in [3.63, 3.8) is 0 Å². The lowest BCUT2D eigenvalue weighted by atomic mass is 9.87. The van der Waals surface area contributed by atoms with Gasteiger partial charge < -0.3 is 5.11 Å². The number of hydrogen-bond donors (Lipinski definition) is 1. The summed E-state index contributed by atoms with van der Waals surface area (Å²) < 4.78 is 14.0. The van der Waals surface area contributed by atoms with E-state index in [1.165, 1.54) is 6.07 Å². The van der Waals surface area contributed by atoms with Crippen molar-refractivity contribution >= 4 is 10.8 Å². The van der Waals surface area contributed by atoms with E-state index in [9.17, 15) is 9.50 Å². The lowest BCUT2D eigenvalue weighted by Crippen LogP contribution is -1.93. The molecule has 0 aliphatic heterocycles. The minimum atomic E-state index is -0.284. The van der Waals surface area contributed by atoms with Crippen LogP contribution < -0.4 is 0 Å². The lowest BCUT2D eigenvalue weighted by Gasteiger charge is -2.18. The van der Waals surface area contributed by atoms with Crippen molar-refractivity contribution in [1.82, 2.24) is 0 Å². The molecule has 25 heavy (non-hydrogen) atoms. The van der Waals surface area contributed by atoms with Gasteiger partial charge in [-0.2, -0.15) is 0 Å². The van der Waals surface area contributed by atoms with Crippen LogP contribution >= 0.6 is 0 Å². The third-order valence-electron chi connectivity index (χ3n) is 4.61. The topological polar surface area (TPSA) is 20.2 Å². The van der Waals surface area contributed by atoms with E-state index in [0.717, 1.165) is 38.6 Å². The smallest absolute Gasteiger partial charge is 0.127 e. The van der Waals surface area contributed by atoms with Gasteiger partial charge in [-0.25, -0.2) is 4.39 Å². The van der Waals surface area contributed by atoms with E-state index in [-0.39, 0.29) is 11.6 Å². The van der Waals surface area contributed by atoms with Gasteiger partial charge in [-0.15, -0.1) is 0 Å². The maximum Gasteiger partial charge on any atom is 0.127 e.